The average Bonchev–Trinajstić information content (AvgIpc) is 2.68. The van der Waals surface area contributed by atoms with E-state index in [9.17, 15) is 35.5 Å². The van der Waals surface area contributed by atoms with E-state index in [0.29, 0.717) is 19.2 Å². The summed E-state index contributed by atoms with van der Waals surface area (Å²) in [7, 11) is 0. The highest BCUT2D eigenvalue weighted by Crippen LogP contribution is 2.46. The Morgan fingerprint density at radius 2 is 1.77 bits per heavy atom. The first-order valence-electron chi connectivity index (χ1n) is 10.9. The van der Waals surface area contributed by atoms with Crippen molar-refractivity contribution in [1.29, 1.82) is 0 Å². The van der Waals surface area contributed by atoms with Crippen LogP contribution in [0.25, 0.3) is 0 Å². The van der Waals surface area contributed by atoms with Gasteiger partial charge in [0, 0.05) is 43.8 Å². The highest BCUT2D eigenvalue weighted by Gasteiger charge is 2.49. The van der Waals surface area contributed by atoms with Gasteiger partial charge in [-0.1, -0.05) is 0 Å². The van der Waals surface area contributed by atoms with Gasteiger partial charge < -0.3 is 10.2 Å². The summed E-state index contributed by atoms with van der Waals surface area (Å²) >= 11 is 0. The predicted molar refractivity (Wildman–Crippen MR) is 115 cm³/mol. The lowest BCUT2D eigenvalue weighted by atomic mass is 9.74. The molecule has 1 amide bonds. The van der Waals surface area contributed by atoms with Crippen LogP contribution in [0.3, 0.4) is 0 Å². The number of alkyl halides is 6. The van der Waals surface area contributed by atoms with E-state index in [-0.39, 0.29) is 48.3 Å². The summed E-state index contributed by atoms with van der Waals surface area (Å²) in [6.45, 7) is 4.80. The number of carbonyl (C=O) groups excluding carboxylic acids is 1. The molecule has 0 aliphatic carbocycles. The number of nitrogens with zero attached hydrogens (tertiary/aromatic N) is 3. The molecule has 2 aromatic rings. The van der Waals surface area contributed by atoms with Crippen LogP contribution in [0.2, 0.25) is 0 Å². The molecule has 190 valence electrons. The second kappa shape index (κ2) is 8.65. The largest absolute Gasteiger partial charge is 0.416 e. The van der Waals surface area contributed by atoms with Crippen molar-refractivity contribution in [2.24, 2.45) is 5.41 Å². The van der Waals surface area contributed by atoms with Crippen molar-refractivity contribution in [2.75, 3.05) is 42.5 Å². The number of benzene rings is 1. The second-order valence-corrected chi connectivity index (χ2v) is 9.03. The predicted octanol–water partition coefficient (Wildman–Crippen LogP) is 4.57. The molecule has 2 saturated heterocycles. The van der Waals surface area contributed by atoms with Crippen LogP contribution in [-0.4, -0.2) is 43.6 Å². The van der Waals surface area contributed by atoms with Gasteiger partial charge in [-0.15, -0.1) is 0 Å². The molecule has 0 unspecified atom stereocenters. The molecule has 4 rings (SSSR count). The summed E-state index contributed by atoms with van der Waals surface area (Å²) in [5, 5.41) is 3.06. The van der Waals surface area contributed by atoms with Crippen molar-refractivity contribution in [1.82, 2.24) is 10.3 Å². The number of aromatic nitrogens is 1. The van der Waals surface area contributed by atoms with Crippen molar-refractivity contribution < 1.29 is 35.5 Å². The van der Waals surface area contributed by atoms with E-state index < -0.39 is 47.2 Å². The van der Waals surface area contributed by atoms with E-state index in [2.05, 4.69) is 10.3 Å². The third kappa shape index (κ3) is 4.80. The lowest BCUT2D eigenvalue weighted by Crippen LogP contribution is -2.71. The van der Waals surface area contributed by atoms with Gasteiger partial charge in [0.1, 0.15) is 11.6 Å². The minimum absolute atomic E-state index is 0.0000604. The Hall–Kier alpha value is -2.89. The lowest BCUT2D eigenvalue weighted by molar-refractivity contribution is -0.143. The molecule has 1 aromatic carbocycles. The highest BCUT2D eigenvalue weighted by molar-refractivity contribution is 5.95. The van der Waals surface area contributed by atoms with Crippen molar-refractivity contribution in [2.45, 2.75) is 32.6 Å². The molecular formula is C23H23F7N4O. The summed E-state index contributed by atoms with van der Waals surface area (Å²) in [6, 6.07) is 3.06. The maximum Gasteiger partial charge on any atom is 0.416 e. The quantitative estimate of drug-likeness (QED) is 0.607. The summed E-state index contributed by atoms with van der Waals surface area (Å²) < 4.78 is 96.1. The molecule has 0 radical (unpaired) electrons. The fourth-order valence-corrected chi connectivity index (χ4v) is 4.57. The highest BCUT2D eigenvalue weighted by atomic mass is 19.4. The van der Waals surface area contributed by atoms with Crippen LogP contribution in [0, 0.1) is 18.2 Å². The zero-order valence-electron chi connectivity index (χ0n) is 18.9. The number of anilines is 2. The van der Waals surface area contributed by atoms with Gasteiger partial charge in [0.25, 0.3) is 0 Å². The van der Waals surface area contributed by atoms with Crippen LogP contribution in [0.4, 0.5) is 42.2 Å². The van der Waals surface area contributed by atoms with Crippen LogP contribution >= 0.6 is 0 Å². The molecule has 1 N–H and O–H groups in total. The molecule has 2 aliphatic rings. The van der Waals surface area contributed by atoms with Gasteiger partial charge in [0.05, 0.1) is 23.2 Å². The van der Waals surface area contributed by atoms with Gasteiger partial charge in [-0.25, -0.2) is 9.37 Å². The van der Waals surface area contributed by atoms with Crippen LogP contribution in [-0.2, 0) is 23.6 Å². The Morgan fingerprint density at radius 3 is 2.26 bits per heavy atom. The Bertz CT molecular complexity index is 1130. The average molecular weight is 504 g/mol. The molecule has 3 heterocycles. The normalized spacial score (nSPS) is 17.2. The molecule has 0 saturated carbocycles. The number of nitrogens with one attached hydrogen (secondary N) is 1. The van der Waals surface area contributed by atoms with Crippen molar-refractivity contribution in [3.05, 3.63) is 52.5 Å². The Balaban J connectivity index is 1.76. The molecule has 5 nitrogen and oxygen atoms in total. The van der Waals surface area contributed by atoms with Gasteiger partial charge >= 0.3 is 12.4 Å². The molecule has 2 fully saturated rings. The van der Waals surface area contributed by atoms with Gasteiger partial charge in [0.2, 0.25) is 5.91 Å². The zero-order valence-corrected chi connectivity index (χ0v) is 18.9. The number of hydrogen-bond donors (Lipinski definition) is 1. The number of carbonyl (C=O) groups is 1. The van der Waals surface area contributed by atoms with E-state index in [4.69, 9.17) is 0 Å². The smallest absolute Gasteiger partial charge is 0.370 e. The van der Waals surface area contributed by atoms with Gasteiger partial charge in [0.15, 0.2) is 0 Å². The van der Waals surface area contributed by atoms with E-state index in [0.717, 1.165) is 11.0 Å². The molecule has 12 heteroatoms. The first-order valence-corrected chi connectivity index (χ1v) is 10.9. The Kier molecular flexibility index (Phi) is 6.23. The number of amides is 1. The zero-order chi connectivity index (χ0) is 25.8. The minimum Gasteiger partial charge on any atom is -0.370 e. The number of pyridine rings is 1. The minimum atomic E-state index is -5.12. The number of hydrogen-bond acceptors (Lipinski definition) is 4. The van der Waals surface area contributed by atoms with Crippen LogP contribution in [0.1, 0.15) is 29.3 Å². The molecule has 0 bridgehead atoms. The molecule has 35 heavy (non-hydrogen) atoms. The topological polar surface area (TPSA) is 48.5 Å². The maximum absolute atomic E-state index is 14.0. The third-order valence-corrected chi connectivity index (χ3v) is 6.48. The van der Waals surface area contributed by atoms with E-state index in [1.165, 1.54) is 17.9 Å². The van der Waals surface area contributed by atoms with Gasteiger partial charge in [-0.2, -0.15) is 26.3 Å². The van der Waals surface area contributed by atoms with Gasteiger partial charge in [-0.3, -0.25) is 9.69 Å². The standard InChI is InChI=1S/C23H23F7N4O/c1-3-34(19-5-4-17(24)13(2)32-19)20(35)8-15-16(23(28,29)30)6-14(22(25,26)27)7-18(15)33-11-21(12-33)9-31-10-21/h4-7,31H,3,8-12H2,1-2H3. The first-order chi connectivity index (χ1) is 16.2. The summed E-state index contributed by atoms with van der Waals surface area (Å²) in [5.41, 5.74) is -3.87. The molecular weight excluding hydrogens is 481 g/mol. The molecule has 1 aromatic heterocycles. The summed E-state index contributed by atoms with van der Waals surface area (Å²) in [5.74, 6) is -1.36. The van der Waals surface area contributed by atoms with Crippen LogP contribution in [0.5, 0.6) is 0 Å². The first kappa shape index (κ1) is 25.2. The van der Waals surface area contributed by atoms with Crippen molar-refractivity contribution in [3.8, 4) is 0 Å². The van der Waals surface area contributed by atoms with Crippen molar-refractivity contribution >= 4 is 17.4 Å². The van der Waals surface area contributed by atoms with Gasteiger partial charge in [-0.05, 0) is 43.7 Å². The summed E-state index contributed by atoms with van der Waals surface area (Å²) in [4.78, 5) is 19.7. The third-order valence-electron chi connectivity index (χ3n) is 6.48. The SMILES string of the molecule is CCN(C(=O)Cc1c(N2CC3(CNC3)C2)cc(C(F)(F)F)cc1C(F)(F)F)c1ccc(F)c(C)n1. The number of likely N-dealkylation sites (N-methyl/N-ethyl adjacent to an activating group) is 1. The fraction of sp³-hybridized carbons (Fsp3) is 0.478. The number of aryl methyl sites for hydroxylation is 1. The van der Waals surface area contributed by atoms with E-state index in [1.807, 2.05) is 0 Å². The maximum atomic E-state index is 14.0. The molecule has 1 spiro atoms. The fourth-order valence-electron chi connectivity index (χ4n) is 4.57. The Labute approximate surface area is 196 Å². The number of halogens is 7. The molecule has 2 aliphatic heterocycles. The van der Waals surface area contributed by atoms with E-state index >= 15 is 0 Å². The number of rotatable bonds is 5. The van der Waals surface area contributed by atoms with Crippen molar-refractivity contribution in [3.63, 3.8) is 0 Å². The van der Waals surface area contributed by atoms with Crippen LogP contribution < -0.4 is 15.1 Å². The van der Waals surface area contributed by atoms with Crippen LogP contribution in [0.15, 0.2) is 24.3 Å². The summed E-state index contributed by atoms with van der Waals surface area (Å²) in [6.07, 6.45) is -10.9. The monoisotopic (exact) mass is 504 g/mol. The van der Waals surface area contributed by atoms with E-state index in [1.54, 1.807) is 6.92 Å². The molecule has 0 atom stereocenters. The second-order valence-electron chi connectivity index (χ2n) is 9.03. The lowest BCUT2D eigenvalue weighted by Gasteiger charge is -2.57. The Morgan fingerprint density at radius 1 is 1.11 bits per heavy atom.